The van der Waals surface area contributed by atoms with Gasteiger partial charge in [-0.3, -0.25) is 4.79 Å². The van der Waals surface area contributed by atoms with Crippen molar-refractivity contribution in [3.8, 4) is 5.69 Å². The SMILES string of the molecule is Nc1ccc(-n2nccc2NC(=O)c2sccc2Br)cc1. The lowest BCUT2D eigenvalue weighted by Gasteiger charge is -2.08. The summed E-state index contributed by atoms with van der Waals surface area (Å²) in [6.07, 6.45) is 1.63. The first-order chi connectivity index (χ1) is 10.1. The summed E-state index contributed by atoms with van der Waals surface area (Å²) in [6, 6.07) is 10.9. The van der Waals surface area contributed by atoms with Crippen LogP contribution in [0.4, 0.5) is 11.5 Å². The number of nitrogen functional groups attached to an aromatic ring is 1. The molecule has 0 atom stereocenters. The number of halogens is 1. The topological polar surface area (TPSA) is 72.9 Å². The quantitative estimate of drug-likeness (QED) is 0.700. The molecule has 0 aliphatic heterocycles. The molecule has 7 heteroatoms. The lowest BCUT2D eigenvalue weighted by Crippen LogP contribution is -2.14. The average molecular weight is 363 g/mol. The summed E-state index contributed by atoms with van der Waals surface area (Å²) in [5.74, 6) is 0.430. The maximum atomic E-state index is 12.2. The summed E-state index contributed by atoms with van der Waals surface area (Å²) in [5, 5.41) is 8.94. The Kier molecular flexibility index (Phi) is 3.76. The molecule has 21 heavy (non-hydrogen) atoms. The van der Waals surface area contributed by atoms with Crippen LogP contribution in [0.2, 0.25) is 0 Å². The van der Waals surface area contributed by atoms with Crippen LogP contribution in [0.25, 0.3) is 5.69 Å². The molecule has 0 aliphatic rings. The predicted octanol–water partition coefficient (Wildman–Crippen LogP) is 3.53. The molecule has 0 radical (unpaired) electrons. The molecule has 5 nitrogen and oxygen atoms in total. The summed E-state index contributed by atoms with van der Waals surface area (Å²) in [4.78, 5) is 12.9. The molecule has 0 fully saturated rings. The van der Waals surface area contributed by atoms with Gasteiger partial charge in [-0.15, -0.1) is 11.3 Å². The summed E-state index contributed by atoms with van der Waals surface area (Å²) in [6.45, 7) is 0. The molecular weight excluding hydrogens is 352 g/mol. The number of carbonyl (C=O) groups is 1. The van der Waals surface area contributed by atoms with Crippen molar-refractivity contribution in [2.75, 3.05) is 11.1 Å². The van der Waals surface area contributed by atoms with E-state index in [0.717, 1.165) is 10.2 Å². The molecule has 2 heterocycles. The van der Waals surface area contributed by atoms with Crippen LogP contribution in [0.3, 0.4) is 0 Å². The van der Waals surface area contributed by atoms with E-state index in [-0.39, 0.29) is 5.91 Å². The van der Waals surface area contributed by atoms with Crippen molar-refractivity contribution in [3.63, 3.8) is 0 Å². The fourth-order valence-electron chi connectivity index (χ4n) is 1.85. The van der Waals surface area contributed by atoms with Crippen LogP contribution >= 0.6 is 27.3 Å². The van der Waals surface area contributed by atoms with Gasteiger partial charge in [-0.1, -0.05) is 0 Å². The Morgan fingerprint density at radius 1 is 1.24 bits per heavy atom. The second-order valence-electron chi connectivity index (χ2n) is 4.27. The zero-order chi connectivity index (χ0) is 14.8. The molecule has 3 rings (SSSR count). The highest BCUT2D eigenvalue weighted by molar-refractivity contribution is 9.10. The van der Waals surface area contributed by atoms with Crippen LogP contribution in [0, 0.1) is 0 Å². The first-order valence-corrected chi connectivity index (χ1v) is 7.77. The van der Waals surface area contributed by atoms with Gasteiger partial charge in [0.25, 0.3) is 5.91 Å². The molecule has 3 aromatic rings. The third-order valence-corrected chi connectivity index (χ3v) is 4.68. The fraction of sp³-hybridized carbons (Fsp3) is 0. The largest absolute Gasteiger partial charge is 0.399 e. The minimum Gasteiger partial charge on any atom is -0.399 e. The lowest BCUT2D eigenvalue weighted by atomic mass is 10.3. The number of hydrogen-bond acceptors (Lipinski definition) is 4. The highest BCUT2D eigenvalue weighted by Crippen LogP contribution is 2.24. The van der Waals surface area contributed by atoms with Crippen LogP contribution in [-0.4, -0.2) is 15.7 Å². The van der Waals surface area contributed by atoms with Crippen molar-refractivity contribution in [1.82, 2.24) is 9.78 Å². The van der Waals surface area contributed by atoms with Gasteiger partial charge in [0, 0.05) is 16.2 Å². The second-order valence-corrected chi connectivity index (χ2v) is 6.04. The fourth-order valence-corrected chi connectivity index (χ4v) is 3.29. The molecule has 0 unspecified atom stereocenters. The van der Waals surface area contributed by atoms with E-state index in [9.17, 15) is 4.79 Å². The normalized spacial score (nSPS) is 10.5. The number of nitrogens with one attached hydrogen (secondary N) is 1. The van der Waals surface area contributed by atoms with Crippen molar-refractivity contribution < 1.29 is 4.79 Å². The average Bonchev–Trinajstić information content (AvgIpc) is 3.09. The maximum absolute atomic E-state index is 12.2. The van der Waals surface area contributed by atoms with Gasteiger partial charge in [0.2, 0.25) is 0 Å². The van der Waals surface area contributed by atoms with Crippen LogP contribution in [0.5, 0.6) is 0 Å². The monoisotopic (exact) mass is 362 g/mol. The summed E-state index contributed by atoms with van der Waals surface area (Å²) in [5.41, 5.74) is 7.18. The van der Waals surface area contributed by atoms with Gasteiger partial charge in [0.05, 0.1) is 11.9 Å². The van der Waals surface area contributed by atoms with E-state index in [1.54, 1.807) is 29.1 Å². The Labute approximate surface area is 133 Å². The second kappa shape index (κ2) is 5.71. The van der Waals surface area contributed by atoms with Gasteiger partial charge in [0.15, 0.2) is 0 Å². The number of aromatic nitrogens is 2. The van der Waals surface area contributed by atoms with E-state index < -0.39 is 0 Å². The smallest absolute Gasteiger partial charge is 0.268 e. The first kappa shape index (κ1) is 13.8. The van der Waals surface area contributed by atoms with Crippen molar-refractivity contribution in [3.05, 3.63) is 57.3 Å². The number of thiophene rings is 1. The van der Waals surface area contributed by atoms with E-state index in [1.807, 2.05) is 23.6 Å². The van der Waals surface area contributed by atoms with Crippen molar-refractivity contribution >= 4 is 44.7 Å². The highest BCUT2D eigenvalue weighted by Gasteiger charge is 2.14. The standard InChI is InChI=1S/C14H11BrN4OS/c15-11-6-8-21-13(11)14(20)18-12-5-7-17-19(12)10-3-1-9(16)2-4-10/h1-8H,16H2,(H,18,20). The number of benzene rings is 1. The molecule has 0 saturated carbocycles. The number of nitrogens with zero attached hydrogens (tertiary/aromatic N) is 2. The maximum Gasteiger partial charge on any atom is 0.268 e. The van der Waals surface area contributed by atoms with Gasteiger partial charge in [-0.05, 0) is 51.6 Å². The van der Waals surface area contributed by atoms with Gasteiger partial charge >= 0.3 is 0 Å². The summed E-state index contributed by atoms with van der Waals surface area (Å²) < 4.78 is 2.43. The summed E-state index contributed by atoms with van der Waals surface area (Å²) >= 11 is 4.73. The third-order valence-electron chi connectivity index (χ3n) is 2.85. The molecule has 106 valence electrons. The molecule has 1 amide bonds. The van der Waals surface area contributed by atoms with Crippen molar-refractivity contribution in [2.45, 2.75) is 0 Å². The Bertz CT molecular complexity index is 778. The van der Waals surface area contributed by atoms with Crippen molar-refractivity contribution in [2.24, 2.45) is 0 Å². The van der Waals surface area contributed by atoms with Gasteiger partial charge in [-0.2, -0.15) is 5.10 Å². The Balaban J connectivity index is 1.88. The van der Waals surface area contributed by atoms with E-state index in [2.05, 4.69) is 26.3 Å². The Hall–Kier alpha value is -2.12. The molecular formula is C14H11BrN4OS. The van der Waals surface area contributed by atoms with E-state index >= 15 is 0 Å². The van der Waals surface area contributed by atoms with Gasteiger partial charge in [0.1, 0.15) is 10.7 Å². The van der Waals surface area contributed by atoms with Crippen LogP contribution in [-0.2, 0) is 0 Å². The van der Waals surface area contributed by atoms with Crippen LogP contribution in [0.15, 0.2) is 52.4 Å². The lowest BCUT2D eigenvalue weighted by molar-refractivity contribution is 0.102. The van der Waals surface area contributed by atoms with E-state index in [4.69, 9.17) is 5.73 Å². The van der Waals surface area contributed by atoms with Crippen LogP contribution in [0.1, 0.15) is 9.67 Å². The number of carbonyl (C=O) groups excluding carboxylic acids is 1. The highest BCUT2D eigenvalue weighted by atomic mass is 79.9. The van der Waals surface area contributed by atoms with Crippen LogP contribution < -0.4 is 11.1 Å². The van der Waals surface area contributed by atoms with Gasteiger partial charge in [-0.25, -0.2) is 4.68 Å². The molecule has 0 bridgehead atoms. The Morgan fingerprint density at radius 2 is 2.00 bits per heavy atom. The van der Waals surface area contributed by atoms with Gasteiger partial charge < -0.3 is 11.1 Å². The first-order valence-electron chi connectivity index (χ1n) is 6.09. The molecule has 0 spiro atoms. The number of amides is 1. The molecule has 0 aliphatic carbocycles. The number of hydrogen-bond donors (Lipinski definition) is 2. The Morgan fingerprint density at radius 3 is 2.67 bits per heavy atom. The zero-order valence-electron chi connectivity index (χ0n) is 10.8. The minimum absolute atomic E-state index is 0.172. The third kappa shape index (κ3) is 2.84. The number of nitrogens with two attached hydrogens (primary N) is 1. The predicted molar refractivity (Wildman–Crippen MR) is 87.9 cm³/mol. The summed E-state index contributed by atoms with van der Waals surface area (Å²) in [7, 11) is 0. The van der Waals surface area contributed by atoms with E-state index in [0.29, 0.717) is 16.4 Å². The molecule has 3 N–H and O–H groups in total. The minimum atomic E-state index is -0.172. The van der Waals surface area contributed by atoms with Crippen molar-refractivity contribution in [1.29, 1.82) is 0 Å². The molecule has 2 aromatic heterocycles. The number of anilines is 2. The molecule has 1 aromatic carbocycles. The number of rotatable bonds is 3. The molecule has 0 saturated heterocycles. The van der Waals surface area contributed by atoms with E-state index in [1.165, 1.54) is 11.3 Å². The zero-order valence-corrected chi connectivity index (χ0v) is 13.2.